The second-order valence-electron chi connectivity index (χ2n) is 3.59. The van der Waals surface area contributed by atoms with Crippen LogP contribution in [0.5, 0.6) is 5.75 Å². The number of allylic oxidation sites excluding steroid dienone is 2. The van der Waals surface area contributed by atoms with Gasteiger partial charge in [0.15, 0.2) is 0 Å². The van der Waals surface area contributed by atoms with Gasteiger partial charge in [-0.2, -0.15) is 0 Å². The van der Waals surface area contributed by atoms with Crippen molar-refractivity contribution in [2.24, 2.45) is 0 Å². The molecule has 1 rings (SSSR count). The molecule has 0 aliphatic carbocycles. The average molecular weight is 269 g/mol. The lowest BCUT2D eigenvalue weighted by Gasteiger charge is -2.14. The van der Waals surface area contributed by atoms with E-state index < -0.39 is 0 Å². The number of ether oxygens (including phenoxy) is 1. The summed E-state index contributed by atoms with van der Waals surface area (Å²) in [6, 6.07) is 6.14. The van der Waals surface area contributed by atoms with Gasteiger partial charge < -0.3 is 4.74 Å². The molecule has 0 heterocycles. The maximum absolute atomic E-state index is 5.36. The van der Waals surface area contributed by atoms with Crippen LogP contribution in [0.25, 0.3) is 0 Å². The number of benzene rings is 1. The first-order chi connectivity index (χ1) is 7.19. The summed E-state index contributed by atoms with van der Waals surface area (Å²) in [5.74, 6) is 1.45. The molecule has 0 N–H and O–H groups in total. The van der Waals surface area contributed by atoms with Crippen LogP contribution < -0.4 is 4.74 Å². The molecule has 0 fully saturated rings. The number of hydrogen-bond acceptors (Lipinski definition) is 1. The van der Waals surface area contributed by atoms with E-state index in [-0.39, 0.29) is 0 Å². The Kier molecular flexibility index (Phi) is 4.89. The van der Waals surface area contributed by atoms with Crippen molar-refractivity contribution in [3.05, 3.63) is 40.4 Å². The minimum Gasteiger partial charge on any atom is -0.496 e. The largest absolute Gasteiger partial charge is 0.496 e. The number of halogens is 1. The van der Waals surface area contributed by atoms with Crippen LogP contribution in [0.4, 0.5) is 0 Å². The maximum atomic E-state index is 5.36. The van der Waals surface area contributed by atoms with Crippen LogP contribution in [0, 0.1) is 0 Å². The second-order valence-corrected chi connectivity index (χ2v) is 4.51. The zero-order valence-electron chi connectivity index (χ0n) is 9.46. The van der Waals surface area contributed by atoms with Crippen LogP contribution >= 0.6 is 15.9 Å². The molecule has 0 saturated carbocycles. The molecule has 2 heteroatoms. The molecule has 0 amide bonds. The van der Waals surface area contributed by atoms with E-state index in [1.807, 2.05) is 19.1 Å². The summed E-state index contributed by atoms with van der Waals surface area (Å²) in [6.07, 6.45) is 5.31. The van der Waals surface area contributed by atoms with Crippen molar-refractivity contribution in [1.29, 1.82) is 0 Å². The van der Waals surface area contributed by atoms with Gasteiger partial charge >= 0.3 is 0 Å². The van der Waals surface area contributed by atoms with Gasteiger partial charge in [-0.15, -0.1) is 0 Å². The molecule has 0 bridgehead atoms. The standard InChI is InChI=1S/C13H17BrO/c1-4-5-6-10(2)12-9-11(14)7-8-13(12)15-3/h4-5,7-10H,6H2,1-3H3/b5-4-. The zero-order valence-corrected chi connectivity index (χ0v) is 11.0. The third-order valence-electron chi connectivity index (χ3n) is 2.45. The highest BCUT2D eigenvalue weighted by Gasteiger charge is 2.10. The summed E-state index contributed by atoms with van der Waals surface area (Å²) in [5, 5.41) is 0. The summed E-state index contributed by atoms with van der Waals surface area (Å²) in [5.41, 5.74) is 1.25. The molecule has 1 aromatic rings. The minimum atomic E-state index is 0.480. The number of methoxy groups -OCH3 is 1. The van der Waals surface area contributed by atoms with Crippen LogP contribution in [-0.2, 0) is 0 Å². The first-order valence-electron chi connectivity index (χ1n) is 5.13. The average Bonchev–Trinajstić information content (AvgIpc) is 2.25. The molecule has 1 atom stereocenters. The normalized spacial score (nSPS) is 13.1. The summed E-state index contributed by atoms with van der Waals surface area (Å²) < 4.78 is 6.46. The topological polar surface area (TPSA) is 9.23 Å². The van der Waals surface area contributed by atoms with Crippen LogP contribution in [0.3, 0.4) is 0 Å². The summed E-state index contributed by atoms with van der Waals surface area (Å²) >= 11 is 3.49. The maximum Gasteiger partial charge on any atom is 0.122 e. The lowest BCUT2D eigenvalue weighted by molar-refractivity contribution is 0.406. The Morgan fingerprint density at radius 3 is 2.80 bits per heavy atom. The number of rotatable bonds is 4. The van der Waals surface area contributed by atoms with Crippen LogP contribution in [0.1, 0.15) is 31.7 Å². The molecule has 0 aliphatic heterocycles. The third-order valence-corrected chi connectivity index (χ3v) is 2.94. The Labute approximate surface area is 100 Å². The number of hydrogen-bond donors (Lipinski definition) is 0. The van der Waals surface area contributed by atoms with Crippen LogP contribution in [0.2, 0.25) is 0 Å². The smallest absolute Gasteiger partial charge is 0.122 e. The quantitative estimate of drug-likeness (QED) is 0.730. The fourth-order valence-corrected chi connectivity index (χ4v) is 1.94. The lowest BCUT2D eigenvalue weighted by atomic mass is 9.97. The van der Waals surface area contributed by atoms with Gasteiger partial charge in [-0.1, -0.05) is 35.0 Å². The van der Waals surface area contributed by atoms with E-state index in [1.165, 1.54) is 5.56 Å². The van der Waals surface area contributed by atoms with Gasteiger partial charge in [0.05, 0.1) is 7.11 Å². The molecule has 1 aromatic carbocycles. The predicted molar refractivity (Wildman–Crippen MR) is 68.5 cm³/mol. The highest BCUT2D eigenvalue weighted by Crippen LogP contribution is 2.31. The van der Waals surface area contributed by atoms with Crippen molar-refractivity contribution in [2.75, 3.05) is 7.11 Å². The second kappa shape index (κ2) is 5.96. The Hall–Kier alpha value is -0.760. The van der Waals surface area contributed by atoms with Crippen molar-refractivity contribution in [2.45, 2.75) is 26.2 Å². The highest BCUT2D eigenvalue weighted by molar-refractivity contribution is 9.10. The van der Waals surface area contributed by atoms with Gasteiger partial charge in [0, 0.05) is 4.47 Å². The molecular weight excluding hydrogens is 252 g/mol. The molecule has 1 nitrogen and oxygen atoms in total. The fraction of sp³-hybridized carbons (Fsp3) is 0.385. The SMILES string of the molecule is C/C=C\CC(C)c1cc(Br)ccc1OC. The highest BCUT2D eigenvalue weighted by atomic mass is 79.9. The molecule has 0 aliphatic rings. The van der Waals surface area contributed by atoms with Gasteiger partial charge in [-0.05, 0) is 43.0 Å². The summed E-state index contributed by atoms with van der Waals surface area (Å²) in [6.45, 7) is 4.26. The van der Waals surface area contributed by atoms with Crippen molar-refractivity contribution in [3.63, 3.8) is 0 Å². The van der Waals surface area contributed by atoms with Crippen molar-refractivity contribution < 1.29 is 4.74 Å². The van der Waals surface area contributed by atoms with E-state index in [9.17, 15) is 0 Å². The van der Waals surface area contributed by atoms with E-state index in [0.717, 1.165) is 16.6 Å². The van der Waals surface area contributed by atoms with E-state index in [0.29, 0.717) is 5.92 Å². The van der Waals surface area contributed by atoms with Gasteiger partial charge in [0.1, 0.15) is 5.75 Å². The summed E-state index contributed by atoms with van der Waals surface area (Å²) in [7, 11) is 1.72. The zero-order chi connectivity index (χ0) is 11.3. The molecular formula is C13H17BrO. The van der Waals surface area contributed by atoms with Gasteiger partial charge in [0.2, 0.25) is 0 Å². The third kappa shape index (κ3) is 3.38. The fourth-order valence-electron chi connectivity index (χ4n) is 1.56. The Balaban J connectivity index is 2.94. The summed E-state index contributed by atoms with van der Waals surface area (Å²) in [4.78, 5) is 0. The first kappa shape index (κ1) is 12.3. The Morgan fingerprint density at radius 2 is 2.20 bits per heavy atom. The van der Waals surface area contributed by atoms with Crippen LogP contribution in [0.15, 0.2) is 34.8 Å². The van der Waals surface area contributed by atoms with E-state index in [2.05, 4.69) is 41.1 Å². The van der Waals surface area contributed by atoms with Gasteiger partial charge in [-0.3, -0.25) is 0 Å². The molecule has 15 heavy (non-hydrogen) atoms. The van der Waals surface area contributed by atoms with E-state index >= 15 is 0 Å². The van der Waals surface area contributed by atoms with Crippen LogP contribution in [-0.4, -0.2) is 7.11 Å². The predicted octanol–water partition coefficient (Wildman–Crippen LogP) is 4.53. The molecule has 82 valence electrons. The van der Waals surface area contributed by atoms with Crippen molar-refractivity contribution in [1.82, 2.24) is 0 Å². The van der Waals surface area contributed by atoms with E-state index in [4.69, 9.17) is 4.74 Å². The van der Waals surface area contributed by atoms with Crippen molar-refractivity contribution in [3.8, 4) is 5.75 Å². The molecule has 0 saturated heterocycles. The minimum absolute atomic E-state index is 0.480. The molecule has 0 aromatic heterocycles. The first-order valence-corrected chi connectivity index (χ1v) is 5.93. The molecule has 1 unspecified atom stereocenters. The lowest BCUT2D eigenvalue weighted by Crippen LogP contribution is -1.96. The van der Waals surface area contributed by atoms with Gasteiger partial charge in [-0.25, -0.2) is 0 Å². The Bertz CT molecular complexity index is 344. The molecule has 0 radical (unpaired) electrons. The van der Waals surface area contributed by atoms with E-state index in [1.54, 1.807) is 7.11 Å². The molecule has 0 spiro atoms. The Morgan fingerprint density at radius 1 is 1.47 bits per heavy atom. The van der Waals surface area contributed by atoms with Crippen molar-refractivity contribution >= 4 is 15.9 Å². The van der Waals surface area contributed by atoms with Gasteiger partial charge in [0.25, 0.3) is 0 Å². The monoisotopic (exact) mass is 268 g/mol.